The molecule has 0 amide bonds. The van der Waals surface area contributed by atoms with E-state index in [2.05, 4.69) is 82.1 Å². The second-order valence-electron chi connectivity index (χ2n) is 8.56. The topological polar surface area (TPSA) is 56.9 Å². The molecule has 0 spiro atoms. The lowest BCUT2D eigenvalue weighted by atomic mass is 10.0. The summed E-state index contributed by atoms with van der Waals surface area (Å²) < 4.78 is 6.28. The first-order chi connectivity index (χ1) is 16.6. The van der Waals surface area contributed by atoms with E-state index in [1.54, 1.807) is 0 Å². The van der Waals surface area contributed by atoms with Crippen molar-refractivity contribution in [2.24, 2.45) is 0 Å². The Kier molecular flexibility index (Phi) is 4.81. The molecular formula is C29H24N4O. The van der Waals surface area contributed by atoms with E-state index >= 15 is 0 Å². The van der Waals surface area contributed by atoms with Gasteiger partial charge in [0.2, 0.25) is 0 Å². The number of nitrogens with zero attached hydrogens (tertiary/aromatic N) is 2. The molecule has 5 aromatic rings. The first-order valence-corrected chi connectivity index (χ1v) is 11.3. The van der Waals surface area contributed by atoms with Crippen molar-refractivity contribution in [3.8, 4) is 16.9 Å². The van der Waals surface area contributed by atoms with Gasteiger partial charge in [-0.2, -0.15) is 0 Å². The molecular weight excluding hydrogens is 420 g/mol. The molecule has 4 heterocycles. The van der Waals surface area contributed by atoms with Crippen molar-refractivity contribution in [3.63, 3.8) is 0 Å². The Morgan fingerprint density at radius 2 is 1.59 bits per heavy atom. The number of hydrogen-bond donors (Lipinski definition) is 2. The first-order valence-electron chi connectivity index (χ1n) is 11.3. The van der Waals surface area contributed by atoms with E-state index < -0.39 is 0 Å². The SMILES string of the molecule is C=C1/C=C(c2ccc3[nH]ccc3c2)\C=C/CN(C)c2ncc(-c3ccc4[nH]ccc4c3)cc2O1. The van der Waals surface area contributed by atoms with Crippen molar-refractivity contribution in [1.29, 1.82) is 0 Å². The maximum absolute atomic E-state index is 6.28. The standard InChI is InChI=1S/C29H24N4O/c1-19-14-20(21-5-7-26-23(15-21)9-11-30-26)4-3-13-33(2)29-28(34-19)17-25(18-32-29)22-6-8-27-24(16-22)10-12-31-27/h3-12,14-18,30-31H,1,13H2,2H3/b4-3-,20-14+. The molecule has 2 aromatic carbocycles. The lowest BCUT2D eigenvalue weighted by Gasteiger charge is -2.22. The highest BCUT2D eigenvalue weighted by Crippen LogP contribution is 2.34. The van der Waals surface area contributed by atoms with Crippen LogP contribution in [0.15, 0.2) is 104 Å². The number of hydrogen-bond acceptors (Lipinski definition) is 3. The maximum Gasteiger partial charge on any atom is 0.172 e. The molecule has 1 aliphatic rings. The van der Waals surface area contributed by atoms with Gasteiger partial charge in [-0.3, -0.25) is 0 Å². The number of nitrogens with one attached hydrogen (secondary N) is 2. The monoisotopic (exact) mass is 444 g/mol. The van der Waals surface area contributed by atoms with E-state index in [4.69, 9.17) is 9.72 Å². The number of ether oxygens (including phenoxy) is 1. The number of likely N-dealkylation sites (N-methyl/N-ethyl adjacent to an activating group) is 1. The van der Waals surface area contributed by atoms with Gasteiger partial charge >= 0.3 is 0 Å². The van der Waals surface area contributed by atoms with Gasteiger partial charge in [0, 0.05) is 48.8 Å². The van der Waals surface area contributed by atoms with Gasteiger partial charge in [0.15, 0.2) is 11.6 Å². The molecule has 0 saturated heterocycles. The highest BCUT2D eigenvalue weighted by molar-refractivity contribution is 5.87. The minimum Gasteiger partial charge on any atom is -0.454 e. The molecule has 0 bridgehead atoms. The molecule has 6 rings (SSSR count). The molecule has 0 unspecified atom stereocenters. The average molecular weight is 445 g/mol. The second kappa shape index (κ2) is 8.12. The van der Waals surface area contributed by atoms with Gasteiger partial charge in [-0.1, -0.05) is 30.9 Å². The third-order valence-corrected chi connectivity index (χ3v) is 6.20. The van der Waals surface area contributed by atoms with Crippen LogP contribution in [0.1, 0.15) is 5.56 Å². The number of anilines is 1. The van der Waals surface area contributed by atoms with Crippen molar-refractivity contribution in [2.45, 2.75) is 0 Å². The van der Waals surface area contributed by atoms with Crippen molar-refractivity contribution in [3.05, 3.63) is 109 Å². The highest BCUT2D eigenvalue weighted by atomic mass is 16.5. The van der Waals surface area contributed by atoms with Crippen LogP contribution in [-0.4, -0.2) is 28.5 Å². The highest BCUT2D eigenvalue weighted by Gasteiger charge is 2.15. The van der Waals surface area contributed by atoms with Crippen LogP contribution in [0.2, 0.25) is 0 Å². The van der Waals surface area contributed by atoms with Crippen LogP contribution in [0.25, 0.3) is 38.5 Å². The number of H-pyrrole nitrogens is 2. The fourth-order valence-corrected chi connectivity index (χ4v) is 4.42. The summed E-state index contributed by atoms with van der Waals surface area (Å²) >= 11 is 0. The van der Waals surface area contributed by atoms with Gasteiger partial charge in [-0.25, -0.2) is 4.98 Å². The molecule has 166 valence electrons. The molecule has 0 aliphatic carbocycles. The van der Waals surface area contributed by atoms with Crippen molar-refractivity contribution >= 4 is 33.2 Å². The Morgan fingerprint density at radius 3 is 2.35 bits per heavy atom. The molecule has 5 heteroatoms. The Hall–Kier alpha value is -4.51. The largest absolute Gasteiger partial charge is 0.454 e. The van der Waals surface area contributed by atoms with E-state index in [0.717, 1.165) is 44.5 Å². The van der Waals surface area contributed by atoms with Gasteiger partial charge in [0.1, 0.15) is 5.76 Å². The summed E-state index contributed by atoms with van der Waals surface area (Å²) in [5, 5.41) is 2.34. The third kappa shape index (κ3) is 3.67. The van der Waals surface area contributed by atoms with Crippen LogP contribution >= 0.6 is 0 Å². The Labute approximate surface area is 197 Å². The van der Waals surface area contributed by atoms with Gasteiger partial charge in [-0.05, 0) is 76.0 Å². The minimum absolute atomic E-state index is 0.561. The van der Waals surface area contributed by atoms with Crippen molar-refractivity contribution in [1.82, 2.24) is 15.0 Å². The predicted molar refractivity (Wildman–Crippen MR) is 140 cm³/mol. The molecule has 3 aromatic heterocycles. The van der Waals surface area contributed by atoms with E-state index in [0.29, 0.717) is 18.1 Å². The van der Waals surface area contributed by atoms with Crippen LogP contribution in [0.4, 0.5) is 5.82 Å². The maximum atomic E-state index is 6.28. The first kappa shape index (κ1) is 20.1. The van der Waals surface area contributed by atoms with Crippen LogP contribution in [-0.2, 0) is 0 Å². The fourth-order valence-electron chi connectivity index (χ4n) is 4.42. The number of aromatic nitrogens is 3. The van der Waals surface area contributed by atoms with E-state index in [1.807, 2.05) is 37.8 Å². The Balaban J connectivity index is 1.38. The lowest BCUT2D eigenvalue weighted by Crippen LogP contribution is -2.19. The molecule has 5 nitrogen and oxygen atoms in total. The molecule has 1 aliphatic heterocycles. The van der Waals surface area contributed by atoms with Crippen molar-refractivity contribution in [2.75, 3.05) is 18.5 Å². The molecule has 0 radical (unpaired) electrons. The summed E-state index contributed by atoms with van der Waals surface area (Å²) in [6.07, 6.45) is 12.1. The van der Waals surface area contributed by atoms with E-state index in [-0.39, 0.29) is 0 Å². The predicted octanol–water partition coefficient (Wildman–Crippen LogP) is 6.69. The normalized spacial score (nSPS) is 16.7. The van der Waals surface area contributed by atoms with Gasteiger partial charge < -0.3 is 19.6 Å². The van der Waals surface area contributed by atoms with Crippen molar-refractivity contribution < 1.29 is 4.74 Å². The summed E-state index contributed by atoms with van der Waals surface area (Å²) in [4.78, 5) is 13.3. The summed E-state index contributed by atoms with van der Waals surface area (Å²) in [6, 6.07) is 18.9. The number of fused-ring (bicyclic) bond motifs is 3. The summed E-state index contributed by atoms with van der Waals surface area (Å²) in [6.45, 7) is 4.89. The van der Waals surface area contributed by atoms with Gasteiger partial charge in [-0.15, -0.1) is 0 Å². The second-order valence-corrected chi connectivity index (χ2v) is 8.56. The third-order valence-electron chi connectivity index (χ3n) is 6.20. The van der Waals surface area contributed by atoms with Gasteiger partial charge in [0.25, 0.3) is 0 Å². The van der Waals surface area contributed by atoms with E-state index in [1.165, 1.54) is 5.39 Å². The average Bonchev–Trinajstić information content (AvgIpc) is 3.51. The van der Waals surface area contributed by atoms with Crippen LogP contribution < -0.4 is 9.64 Å². The lowest BCUT2D eigenvalue weighted by molar-refractivity contribution is 0.445. The number of aromatic amines is 2. The quantitative estimate of drug-likeness (QED) is 0.319. The summed E-state index contributed by atoms with van der Waals surface area (Å²) in [7, 11) is 2.02. The zero-order chi connectivity index (χ0) is 23.1. The molecule has 2 N–H and O–H groups in total. The number of pyridine rings is 1. The zero-order valence-corrected chi connectivity index (χ0v) is 18.9. The summed E-state index contributed by atoms with van der Waals surface area (Å²) in [5.41, 5.74) is 6.48. The molecule has 34 heavy (non-hydrogen) atoms. The number of benzene rings is 2. The Bertz CT molecular complexity index is 1600. The van der Waals surface area contributed by atoms with Gasteiger partial charge in [0.05, 0.1) is 0 Å². The molecule has 0 saturated carbocycles. The van der Waals surface area contributed by atoms with E-state index in [9.17, 15) is 0 Å². The van der Waals surface area contributed by atoms with Crippen LogP contribution in [0.3, 0.4) is 0 Å². The van der Waals surface area contributed by atoms with Crippen LogP contribution in [0, 0.1) is 0 Å². The summed E-state index contributed by atoms with van der Waals surface area (Å²) in [5.74, 6) is 2.03. The Morgan fingerprint density at radius 1 is 0.882 bits per heavy atom. The minimum atomic E-state index is 0.561. The number of rotatable bonds is 2. The fraction of sp³-hybridized carbons (Fsp3) is 0.0690. The molecule has 0 atom stereocenters. The number of allylic oxidation sites excluding steroid dienone is 3. The van der Waals surface area contributed by atoms with Crippen LogP contribution in [0.5, 0.6) is 5.75 Å². The molecule has 0 fully saturated rings. The zero-order valence-electron chi connectivity index (χ0n) is 18.9. The smallest absolute Gasteiger partial charge is 0.172 e.